The van der Waals surface area contributed by atoms with Crippen LogP contribution in [-0.2, 0) is 4.79 Å². The third-order valence-corrected chi connectivity index (χ3v) is 4.51. The van der Waals surface area contributed by atoms with Gasteiger partial charge in [0.05, 0.1) is 6.54 Å². The fourth-order valence-electron chi connectivity index (χ4n) is 3.29. The van der Waals surface area contributed by atoms with Gasteiger partial charge in [-0.2, -0.15) is 0 Å². The Hall–Kier alpha value is -1.06. The first-order valence-electron chi connectivity index (χ1n) is 6.95. The topological polar surface area (TPSA) is 32.3 Å². The third kappa shape index (κ3) is 2.49. The first-order valence-corrected chi connectivity index (χ1v) is 7.33. The van der Waals surface area contributed by atoms with E-state index in [1.165, 1.54) is 6.42 Å². The minimum Gasteiger partial charge on any atom is -0.319 e. The number of nitrogens with zero attached hydrogens (tertiary/aromatic N) is 1. The first kappa shape index (κ1) is 12.9. The summed E-state index contributed by atoms with van der Waals surface area (Å²) in [4.78, 5) is 14.2. The molecule has 1 aliphatic carbocycles. The number of halogens is 1. The maximum absolute atomic E-state index is 12.2. The molecule has 0 bridgehead atoms. The highest BCUT2D eigenvalue weighted by molar-refractivity contribution is 6.30. The molecule has 1 amide bonds. The van der Waals surface area contributed by atoms with Gasteiger partial charge in [0.1, 0.15) is 6.17 Å². The van der Waals surface area contributed by atoms with E-state index in [2.05, 4.69) is 12.2 Å². The molecular weight excluding hydrogens is 260 g/mol. The lowest BCUT2D eigenvalue weighted by Gasteiger charge is -2.30. The minimum absolute atomic E-state index is 0.0140. The van der Waals surface area contributed by atoms with E-state index in [4.69, 9.17) is 11.6 Å². The molecule has 1 saturated heterocycles. The number of benzene rings is 1. The normalized spacial score (nSPS) is 31.2. The van der Waals surface area contributed by atoms with Gasteiger partial charge in [-0.15, -0.1) is 0 Å². The van der Waals surface area contributed by atoms with Crippen molar-refractivity contribution in [3.05, 3.63) is 34.9 Å². The summed E-state index contributed by atoms with van der Waals surface area (Å²) in [7, 11) is 0. The van der Waals surface area contributed by atoms with Crippen LogP contribution in [0.1, 0.15) is 37.9 Å². The highest BCUT2D eigenvalue weighted by Gasteiger charge is 2.39. The molecular formula is C15H19ClN2O. The van der Waals surface area contributed by atoms with Gasteiger partial charge in [-0.25, -0.2) is 0 Å². The maximum atomic E-state index is 12.2. The minimum atomic E-state index is 0.0140. The van der Waals surface area contributed by atoms with E-state index in [0.29, 0.717) is 12.6 Å². The zero-order chi connectivity index (χ0) is 13.4. The monoisotopic (exact) mass is 278 g/mol. The molecule has 0 aromatic heterocycles. The summed E-state index contributed by atoms with van der Waals surface area (Å²) in [6.45, 7) is 2.71. The standard InChI is InChI=1S/C15H19ClN2O/c1-10-2-7-13(8-10)18-14(19)9-17-15(18)11-3-5-12(16)6-4-11/h3-6,10,13,15,17H,2,7-9H2,1H3. The second kappa shape index (κ2) is 5.14. The summed E-state index contributed by atoms with van der Waals surface area (Å²) in [6.07, 6.45) is 3.48. The van der Waals surface area contributed by atoms with E-state index in [-0.39, 0.29) is 12.1 Å². The number of rotatable bonds is 2. The molecule has 0 spiro atoms. The van der Waals surface area contributed by atoms with Crippen LogP contribution in [0.2, 0.25) is 5.02 Å². The van der Waals surface area contributed by atoms with Gasteiger partial charge >= 0.3 is 0 Å². The summed E-state index contributed by atoms with van der Waals surface area (Å²) < 4.78 is 0. The molecule has 2 fully saturated rings. The molecule has 1 aromatic rings. The molecule has 1 N–H and O–H groups in total. The van der Waals surface area contributed by atoms with E-state index in [0.717, 1.165) is 29.3 Å². The number of hydrogen-bond donors (Lipinski definition) is 1. The van der Waals surface area contributed by atoms with E-state index in [1.807, 2.05) is 29.2 Å². The van der Waals surface area contributed by atoms with Gasteiger partial charge in [-0.05, 0) is 42.9 Å². The summed E-state index contributed by atoms with van der Waals surface area (Å²) in [5.74, 6) is 0.948. The van der Waals surface area contributed by atoms with Crippen LogP contribution in [0, 0.1) is 5.92 Å². The molecule has 1 aliphatic heterocycles. The van der Waals surface area contributed by atoms with Crippen molar-refractivity contribution in [1.29, 1.82) is 0 Å². The van der Waals surface area contributed by atoms with E-state index < -0.39 is 0 Å². The largest absolute Gasteiger partial charge is 0.319 e. The highest BCUT2D eigenvalue weighted by atomic mass is 35.5. The Kier molecular flexibility index (Phi) is 3.50. The zero-order valence-corrected chi connectivity index (χ0v) is 11.9. The molecule has 3 unspecified atom stereocenters. The first-order chi connectivity index (χ1) is 9.15. The van der Waals surface area contributed by atoms with Crippen LogP contribution < -0.4 is 5.32 Å². The predicted molar refractivity (Wildman–Crippen MR) is 75.8 cm³/mol. The van der Waals surface area contributed by atoms with Crippen LogP contribution in [0.25, 0.3) is 0 Å². The Labute approximate surface area is 118 Å². The average molecular weight is 279 g/mol. The molecule has 2 aliphatic rings. The lowest BCUT2D eigenvalue weighted by atomic mass is 10.1. The summed E-state index contributed by atoms with van der Waals surface area (Å²) in [6, 6.07) is 8.17. The number of hydrogen-bond acceptors (Lipinski definition) is 2. The molecule has 4 heteroatoms. The Morgan fingerprint density at radius 1 is 1.26 bits per heavy atom. The summed E-state index contributed by atoms with van der Waals surface area (Å²) in [5.41, 5.74) is 1.12. The van der Waals surface area contributed by atoms with Crippen molar-refractivity contribution >= 4 is 17.5 Å². The molecule has 0 radical (unpaired) electrons. The second-order valence-electron chi connectivity index (χ2n) is 5.71. The Balaban J connectivity index is 1.84. The van der Waals surface area contributed by atoms with Crippen LogP contribution in [-0.4, -0.2) is 23.4 Å². The number of carbonyl (C=O) groups excluding carboxylic acids is 1. The number of amides is 1. The Morgan fingerprint density at radius 2 is 2.00 bits per heavy atom. The molecule has 3 nitrogen and oxygen atoms in total. The van der Waals surface area contributed by atoms with Gasteiger partial charge in [0.15, 0.2) is 0 Å². The second-order valence-corrected chi connectivity index (χ2v) is 6.14. The van der Waals surface area contributed by atoms with Crippen molar-refractivity contribution in [2.45, 2.75) is 38.4 Å². The molecule has 3 rings (SSSR count). The molecule has 102 valence electrons. The number of nitrogens with one attached hydrogen (secondary N) is 1. The van der Waals surface area contributed by atoms with E-state index >= 15 is 0 Å². The molecule has 3 atom stereocenters. The van der Waals surface area contributed by atoms with Crippen molar-refractivity contribution in [3.63, 3.8) is 0 Å². The van der Waals surface area contributed by atoms with Crippen molar-refractivity contribution < 1.29 is 4.79 Å². The van der Waals surface area contributed by atoms with E-state index in [9.17, 15) is 4.79 Å². The highest BCUT2D eigenvalue weighted by Crippen LogP contribution is 2.35. The molecule has 19 heavy (non-hydrogen) atoms. The summed E-state index contributed by atoms with van der Waals surface area (Å²) >= 11 is 5.93. The van der Waals surface area contributed by atoms with Crippen LogP contribution in [0.4, 0.5) is 0 Å². The van der Waals surface area contributed by atoms with E-state index in [1.54, 1.807) is 0 Å². The average Bonchev–Trinajstić information content (AvgIpc) is 2.96. The fourth-order valence-corrected chi connectivity index (χ4v) is 3.41. The maximum Gasteiger partial charge on any atom is 0.238 e. The van der Waals surface area contributed by atoms with Crippen molar-refractivity contribution in [2.75, 3.05) is 6.54 Å². The van der Waals surface area contributed by atoms with Crippen molar-refractivity contribution in [3.8, 4) is 0 Å². The van der Waals surface area contributed by atoms with Crippen LogP contribution in [0.5, 0.6) is 0 Å². The van der Waals surface area contributed by atoms with Crippen molar-refractivity contribution in [2.24, 2.45) is 5.92 Å². The molecule has 1 aromatic carbocycles. The predicted octanol–water partition coefficient (Wildman–Crippen LogP) is 2.96. The van der Waals surface area contributed by atoms with Gasteiger partial charge in [0.2, 0.25) is 5.91 Å². The van der Waals surface area contributed by atoms with Crippen LogP contribution in [0.15, 0.2) is 24.3 Å². The third-order valence-electron chi connectivity index (χ3n) is 4.26. The van der Waals surface area contributed by atoms with Crippen molar-refractivity contribution in [1.82, 2.24) is 10.2 Å². The fraction of sp³-hybridized carbons (Fsp3) is 0.533. The Bertz CT molecular complexity index is 474. The van der Waals surface area contributed by atoms with Gasteiger partial charge in [0, 0.05) is 11.1 Å². The zero-order valence-electron chi connectivity index (χ0n) is 11.1. The summed E-state index contributed by atoms with van der Waals surface area (Å²) in [5, 5.41) is 4.05. The number of carbonyl (C=O) groups is 1. The lowest BCUT2D eigenvalue weighted by Crippen LogP contribution is -2.38. The SMILES string of the molecule is CC1CCC(N2C(=O)CNC2c2ccc(Cl)cc2)C1. The Morgan fingerprint density at radius 3 is 2.63 bits per heavy atom. The lowest BCUT2D eigenvalue weighted by molar-refractivity contribution is -0.130. The van der Waals surface area contributed by atoms with Gasteiger partial charge < -0.3 is 4.90 Å². The van der Waals surface area contributed by atoms with Gasteiger partial charge in [0.25, 0.3) is 0 Å². The smallest absolute Gasteiger partial charge is 0.238 e. The van der Waals surface area contributed by atoms with Gasteiger partial charge in [-0.1, -0.05) is 30.7 Å². The quantitative estimate of drug-likeness (QED) is 0.902. The molecule has 1 saturated carbocycles. The molecule has 1 heterocycles. The van der Waals surface area contributed by atoms with Crippen LogP contribution >= 0.6 is 11.6 Å². The van der Waals surface area contributed by atoms with Gasteiger partial charge in [-0.3, -0.25) is 10.1 Å². The van der Waals surface area contributed by atoms with Crippen LogP contribution in [0.3, 0.4) is 0 Å².